The molecule has 0 radical (unpaired) electrons. The fraction of sp³-hybridized carbons (Fsp3) is 0.227. The number of aromatic nitrogens is 3. The Hall–Kier alpha value is -4.12. The van der Waals surface area contributed by atoms with E-state index < -0.39 is 11.6 Å². The van der Waals surface area contributed by atoms with Crippen LogP contribution in [0.15, 0.2) is 47.4 Å². The molecule has 2 heterocycles. The second-order valence-corrected chi connectivity index (χ2v) is 7.89. The molecule has 0 spiro atoms. The van der Waals surface area contributed by atoms with Crippen LogP contribution in [0.5, 0.6) is 0 Å². The van der Waals surface area contributed by atoms with Gasteiger partial charge in [0, 0.05) is 35.7 Å². The summed E-state index contributed by atoms with van der Waals surface area (Å²) in [5.41, 5.74) is 12.8. The SMILES string of the molecule is Cc1nc(N)ccc1CNC(=O)Cn1c(C)cnc(NNC(=O)NCc2ccc(Cl)cc2)c1=O. The Labute approximate surface area is 200 Å². The molecule has 12 heteroatoms. The summed E-state index contributed by atoms with van der Waals surface area (Å²) in [6.07, 6.45) is 1.43. The molecule has 0 bridgehead atoms. The van der Waals surface area contributed by atoms with E-state index in [9.17, 15) is 14.4 Å². The number of nitrogens with two attached hydrogens (primary N) is 1. The number of nitrogen functional groups attached to an aromatic ring is 1. The summed E-state index contributed by atoms with van der Waals surface area (Å²) in [5, 5.41) is 6.00. The van der Waals surface area contributed by atoms with Crippen LogP contribution in [-0.2, 0) is 24.4 Å². The first kappa shape index (κ1) is 24.5. The maximum Gasteiger partial charge on any atom is 0.333 e. The van der Waals surface area contributed by atoms with Gasteiger partial charge >= 0.3 is 6.03 Å². The van der Waals surface area contributed by atoms with Gasteiger partial charge in [0.2, 0.25) is 11.7 Å². The van der Waals surface area contributed by atoms with Gasteiger partial charge in [0.1, 0.15) is 12.4 Å². The molecule has 0 aliphatic heterocycles. The lowest BCUT2D eigenvalue weighted by molar-refractivity contribution is -0.121. The average molecular weight is 485 g/mol. The molecular formula is C22H25ClN8O3. The number of hydrogen-bond acceptors (Lipinski definition) is 7. The molecule has 34 heavy (non-hydrogen) atoms. The van der Waals surface area contributed by atoms with Gasteiger partial charge in [-0.2, -0.15) is 0 Å². The smallest absolute Gasteiger partial charge is 0.333 e. The van der Waals surface area contributed by atoms with Crippen molar-refractivity contribution in [3.05, 3.63) is 80.5 Å². The summed E-state index contributed by atoms with van der Waals surface area (Å²) < 4.78 is 1.26. The van der Waals surface area contributed by atoms with Gasteiger partial charge in [-0.05, 0) is 43.2 Å². The number of hydrazine groups is 1. The monoisotopic (exact) mass is 484 g/mol. The van der Waals surface area contributed by atoms with Crippen molar-refractivity contribution in [3.63, 3.8) is 0 Å². The standard InChI is InChI=1S/C22H25ClN8O3/c1-13-9-26-20(29-30-22(34)27-10-15-3-6-17(23)7-4-15)21(33)31(13)12-19(32)25-11-16-5-8-18(24)28-14(16)2/h3-9H,10-12H2,1-2H3,(H2,24,28)(H,25,32)(H,26,29)(H2,27,30,34). The zero-order valence-electron chi connectivity index (χ0n) is 18.7. The van der Waals surface area contributed by atoms with Gasteiger partial charge in [0.15, 0.2) is 0 Å². The molecule has 0 atom stereocenters. The number of urea groups is 1. The van der Waals surface area contributed by atoms with Crippen LogP contribution in [0, 0.1) is 13.8 Å². The van der Waals surface area contributed by atoms with Crippen LogP contribution in [0.3, 0.4) is 0 Å². The lowest BCUT2D eigenvalue weighted by Crippen LogP contribution is -2.41. The van der Waals surface area contributed by atoms with Crippen molar-refractivity contribution < 1.29 is 9.59 Å². The fourth-order valence-corrected chi connectivity index (χ4v) is 3.11. The highest BCUT2D eigenvalue weighted by Crippen LogP contribution is 2.09. The number of amides is 3. The van der Waals surface area contributed by atoms with Crippen molar-refractivity contribution in [3.8, 4) is 0 Å². The topological polar surface area (TPSA) is 156 Å². The van der Waals surface area contributed by atoms with Crippen molar-refractivity contribution in [2.75, 3.05) is 11.2 Å². The first-order valence-corrected chi connectivity index (χ1v) is 10.7. The lowest BCUT2D eigenvalue weighted by Gasteiger charge is -2.14. The summed E-state index contributed by atoms with van der Waals surface area (Å²) in [5.74, 6) is -0.0929. The number of nitrogens with zero attached hydrogens (tertiary/aromatic N) is 3. The van der Waals surface area contributed by atoms with Gasteiger partial charge < -0.3 is 16.4 Å². The number of anilines is 2. The first-order valence-electron chi connectivity index (χ1n) is 10.3. The molecular weight excluding hydrogens is 460 g/mol. The highest BCUT2D eigenvalue weighted by atomic mass is 35.5. The third-order valence-electron chi connectivity index (χ3n) is 4.91. The molecule has 3 aromatic rings. The Bertz CT molecular complexity index is 1240. The van der Waals surface area contributed by atoms with Crippen molar-refractivity contribution in [2.45, 2.75) is 33.5 Å². The minimum Gasteiger partial charge on any atom is -0.384 e. The number of aryl methyl sites for hydroxylation is 2. The number of hydrogen-bond donors (Lipinski definition) is 5. The van der Waals surface area contributed by atoms with E-state index in [1.807, 2.05) is 0 Å². The molecule has 0 saturated carbocycles. The summed E-state index contributed by atoms with van der Waals surface area (Å²) in [7, 11) is 0. The van der Waals surface area contributed by atoms with Crippen molar-refractivity contribution in [1.29, 1.82) is 0 Å². The Balaban J connectivity index is 1.55. The Kier molecular flexibility index (Phi) is 8.04. The third kappa shape index (κ3) is 6.69. The van der Waals surface area contributed by atoms with Gasteiger partial charge in [-0.1, -0.05) is 29.8 Å². The molecule has 0 unspecified atom stereocenters. The largest absolute Gasteiger partial charge is 0.384 e. The van der Waals surface area contributed by atoms with Crippen molar-refractivity contribution >= 4 is 35.2 Å². The number of benzene rings is 1. The summed E-state index contributed by atoms with van der Waals surface area (Å²) in [6, 6.07) is 9.89. The van der Waals surface area contributed by atoms with E-state index >= 15 is 0 Å². The van der Waals surface area contributed by atoms with Crippen LogP contribution >= 0.6 is 11.6 Å². The van der Waals surface area contributed by atoms with Crippen LogP contribution in [0.4, 0.5) is 16.4 Å². The highest BCUT2D eigenvalue weighted by molar-refractivity contribution is 6.30. The van der Waals surface area contributed by atoms with E-state index in [4.69, 9.17) is 17.3 Å². The molecule has 3 amide bonds. The van der Waals surface area contributed by atoms with Gasteiger partial charge in [0.25, 0.3) is 5.56 Å². The molecule has 6 N–H and O–H groups in total. The predicted molar refractivity (Wildman–Crippen MR) is 129 cm³/mol. The Morgan fingerprint density at radius 2 is 1.79 bits per heavy atom. The number of pyridine rings is 1. The van der Waals surface area contributed by atoms with E-state index in [2.05, 4.69) is 31.5 Å². The van der Waals surface area contributed by atoms with E-state index in [-0.39, 0.29) is 31.4 Å². The molecule has 178 valence electrons. The molecule has 1 aromatic carbocycles. The summed E-state index contributed by atoms with van der Waals surface area (Å²) in [6.45, 7) is 3.75. The van der Waals surface area contributed by atoms with Crippen molar-refractivity contribution in [1.82, 2.24) is 30.6 Å². The first-order chi connectivity index (χ1) is 16.2. The molecule has 2 aromatic heterocycles. The van der Waals surface area contributed by atoms with Crippen LogP contribution < -0.4 is 32.8 Å². The van der Waals surface area contributed by atoms with Gasteiger partial charge in [-0.15, -0.1) is 0 Å². The summed E-state index contributed by atoms with van der Waals surface area (Å²) in [4.78, 5) is 45.4. The number of carbonyl (C=O) groups excluding carboxylic acids is 2. The highest BCUT2D eigenvalue weighted by Gasteiger charge is 2.13. The Morgan fingerprint density at radius 1 is 1.06 bits per heavy atom. The van der Waals surface area contributed by atoms with Crippen LogP contribution in [0.25, 0.3) is 0 Å². The van der Waals surface area contributed by atoms with E-state index in [0.29, 0.717) is 22.2 Å². The average Bonchev–Trinajstić information content (AvgIpc) is 2.80. The quantitative estimate of drug-likeness (QED) is 0.304. The molecule has 0 saturated heterocycles. The lowest BCUT2D eigenvalue weighted by atomic mass is 10.2. The van der Waals surface area contributed by atoms with Gasteiger partial charge in [-0.3, -0.25) is 25.0 Å². The second kappa shape index (κ2) is 11.1. The molecule has 0 aliphatic rings. The molecule has 0 fully saturated rings. The van der Waals surface area contributed by atoms with E-state index in [1.54, 1.807) is 50.2 Å². The second-order valence-electron chi connectivity index (χ2n) is 7.46. The molecule has 0 aliphatic carbocycles. The zero-order valence-corrected chi connectivity index (χ0v) is 19.4. The number of nitrogens with one attached hydrogen (secondary N) is 4. The number of rotatable bonds is 8. The third-order valence-corrected chi connectivity index (χ3v) is 5.16. The number of halogens is 1. The molecule has 3 rings (SSSR count). The predicted octanol–water partition coefficient (Wildman–Crippen LogP) is 1.63. The normalized spacial score (nSPS) is 10.4. The van der Waals surface area contributed by atoms with Gasteiger partial charge in [-0.25, -0.2) is 14.8 Å². The maximum atomic E-state index is 12.8. The van der Waals surface area contributed by atoms with E-state index in [0.717, 1.165) is 11.1 Å². The van der Waals surface area contributed by atoms with Crippen LogP contribution in [0.2, 0.25) is 5.02 Å². The number of carbonyl (C=O) groups is 2. The van der Waals surface area contributed by atoms with E-state index in [1.165, 1.54) is 10.8 Å². The van der Waals surface area contributed by atoms with Crippen molar-refractivity contribution in [2.24, 2.45) is 0 Å². The maximum absolute atomic E-state index is 12.8. The van der Waals surface area contributed by atoms with Crippen LogP contribution in [0.1, 0.15) is 22.5 Å². The zero-order chi connectivity index (χ0) is 24.7. The minimum atomic E-state index is -0.562. The fourth-order valence-electron chi connectivity index (χ4n) is 2.99. The molecule has 11 nitrogen and oxygen atoms in total. The van der Waals surface area contributed by atoms with Gasteiger partial charge in [0.05, 0.1) is 0 Å². The van der Waals surface area contributed by atoms with Crippen LogP contribution in [-0.4, -0.2) is 26.5 Å². The minimum absolute atomic E-state index is 0.126. The summed E-state index contributed by atoms with van der Waals surface area (Å²) >= 11 is 5.84. The Morgan fingerprint density at radius 3 is 2.50 bits per heavy atom.